The lowest BCUT2D eigenvalue weighted by molar-refractivity contribution is 0.414. The van der Waals surface area contributed by atoms with Crippen LogP contribution in [0.3, 0.4) is 0 Å². The van der Waals surface area contributed by atoms with Crippen molar-refractivity contribution in [3.63, 3.8) is 0 Å². The number of hydrogen-bond acceptors (Lipinski definition) is 1. The Bertz CT molecular complexity index is 284. The molecule has 0 fully saturated rings. The molecule has 0 N–H and O–H groups in total. The predicted octanol–water partition coefficient (Wildman–Crippen LogP) is 3.78. The van der Waals surface area contributed by atoms with E-state index in [1.54, 1.807) is 7.11 Å². The Kier molecular flexibility index (Phi) is 4.81. The van der Waals surface area contributed by atoms with E-state index in [0.29, 0.717) is 5.88 Å². The van der Waals surface area contributed by atoms with Gasteiger partial charge in [-0.05, 0) is 36.1 Å². The molecule has 1 aromatic carbocycles. The van der Waals surface area contributed by atoms with E-state index in [1.807, 2.05) is 6.07 Å². The van der Waals surface area contributed by atoms with Crippen molar-refractivity contribution in [2.75, 3.05) is 7.11 Å². The Morgan fingerprint density at radius 2 is 2.07 bits per heavy atom. The van der Waals surface area contributed by atoms with Crippen molar-refractivity contribution in [1.82, 2.24) is 0 Å². The van der Waals surface area contributed by atoms with Gasteiger partial charge in [0, 0.05) is 5.88 Å². The van der Waals surface area contributed by atoms with Gasteiger partial charge in [-0.15, -0.1) is 11.6 Å². The topological polar surface area (TPSA) is 9.23 Å². The second-order valence-electron chi connectivity index (χ2n) is 3.37. The molecule has 0 bridgehead atoms. The molecule has 78 valence electrons. The van der Waals surface area contributed by atoms with Crippen molar-refractivity contribution in [1.29, 1.82) is 0 Å². The van der Waals surface area contributed by atoms with E-state index < -0.39 is 0 Å². The minimum Gasteiger partial charge on any atom is -0.497 e. The zero-order valence-corrected chi connectivity index (χ0v) is 9.60. The lowest BCUT2D eigenvalue weighted by Gasteiger charge is -2.08. The minimum absolute atomic E-state index is 0.586. The highest BCUT2D eigenvalue weighted by atomic mass is 35.5. The van der Waals surface area contributed by atoms with Crippen LogP contribution in [0.5, 0.6) is 5.75 Å². The highest BCUT2D eigenvalue weighted by Gasteiger charge is 2.02. The van der Waals surface area contributed by atoms with Crippen LogP contribution in [0.2, 0.25) is 0 Å². The Morgan fingerprint density at radius 1 is 1.29 bits per heavy atom. The Hall–Kier alpha value is -0.690. The fraction of sp³-hybridized carbons (Fsp3) is 0.500. The van der Waals surface area contributed by atoms with Gasteiger partial charge >= 0.3 is 0 Å². The van der Waals surface area contributed by atoms with E-state index in [-0.39, 0.29) is 0 Å². The monoisotopic (exact) mass is 212 g/mol. The quantitative estimate of drug-likeness (QED) is 0.675. The molecular weight excluding hydrogens is 196 g/mol. The van der Waals surface area contributed by atoms with Gasteiger partial charge in [0.05, 0.1) is 7.11 Å². The van der Waals surface area contributed by atoms with Gasteiger partial charge in [-0.25, -0.2) is 0 Å². The molecule has 1 nitrogen and oxygen atoms in total. The third kappa shape index (κ3) is 2.91. The Labute approximate surface area is 91.0 Å². The summed E-state index contributed by atoms with van der Waals surface area (Å²) in [5.74, 6) is 1.51. The molecule has 0 aliphatic heterocycles. The minimum atomic E-state index is 0.586. The number of rotatable bonds is 5. The first-order valence-electron chi connectivity index (χ1n) is 5.03. The summed E-state index contributed by atoms with van der Waals surface area (Å²) in [6.07, 6.45) is 3.51. The fourth-order valence-corrected chi connectivity index (χ4v) is 1.72. The lowest BCUT2D eigenvalue weighted by atomic mass is 10.0. The van der Waals surface area contributed by atoms with Crippen LogP contribution in [0.25, 0.3) is 0 Å². The molecule has 0 heterocycles. The Balaban J connectivity index is 2.84. The van der Waals surface area contributed by atoms with Gasteiger partial charge in [0.15, 0.2) is 0 Å². The number of methoxy groups -OCH3 is 1. The molecule has 0 unspecified atom stereocenters. The molecule has 0 radical (unpaired) electrons. The van der Waals surface area contributed by atoms with Crippen LogP contribution in [-0.4, -0.2) is 7.11 Å². The van der Waals surface area contributed by atoms with Gasteiger partial charge in [-0.2, -0.15) is 0 Å². The summed E-state index contributed by atoms with van der Waals surface area (Å²) < 4.78 is 5.19. The molecule has 0 spiro atoms. The molecule has 2 heteroatoms. The first-order valence-corrected chi connectivity index (χ1v) is 5.57. The van der Waals surface area contributed by atoms with Crippen molar-refractivity contribution in [3.05, 3.63) is 29.3 Å². The maximum atomic E-state index is 5.87. The molecule has 0 aliphatic rings. The summed E-state index contributed by atoms with van der Waals surface area (Å²) in [4.78, 5) is 0. The van der Waals surface area contributed by atoms with Gasteiger partial charge in [-0.1, -0.05) is 19.4 Å². The number of benzene rings is 1. The van der Waals surface area contributed by atoms with E-state index >= 15 is 0 Å². The van der Waals surface area contributed by atoms with Gasteiger partial charge in [0.1, 0.15) is 5.75 Å². The van der Waals surface area contributed by atoms with Crippen molar-refractivity contribution < 1.29 is 4.74 Å². The first-order chi connectivity index (χ1) is 6.81. The smallest absolute Gasteiger partial charge is 0.119 e. The van der Waals surface area contributed by atoms with Crippen molar-refractivity contribution in [2.45, 2.75) is 32.1 Å². The summed E-state index contributed by atoms with van der Waals surface area (Å²) in [7, 11) is 1.69. The molecule has 14 heavy (non-hydrogen) atoms. The van der Waals surface area contributed by atoms with Crippen LogP contribution < -0.4 is 4.74 Å². The molecule has 0 aliphatic carbocycles. The van der Waals surface area contributed by atoms with Gasteiger partial charge in [0.2, 0.25) is 0 Å². The molecule has 1 rings (SSSR count). The average Bonchev–Trinajstić information content (AvgIpc) is 2.25. The van der Waals surface area contributed by atoms with Crippen LogP contribution in [0, 0.1) is 0 Å². The SMILES string of the molecule is CCCCc1cc(OC)ccc1CCl. The van der Waals surface area contributed by atoms with E-state index in [2.05, 4.69) is 19.1 Å². The maximum absolute atomic E-state index is 5.87. The number of alkyl halides is 1. The summed E-state index contributed by atoms with van der Waals surface area (Å²) in [5.41, 5.74) is 2.54. The second kappa shape index (κ2) is 5.92. The lowest BCUT2D eigenvalue weighted by Crippen LogP contribution is -1.93. The van der Waals surface area contributed by atoms with Crippen LogP contribution in [-0.2, 0) is 12.3 Å². The largest absolute Gasteiger partial charge is 0.497 e. The maximum Gasteiger partial charge on any atom is 0.119 e. The fourth-order valence-electron chi connectivity index (χ4n) is 1.46. The van der Waals surface area contributed by atoms with Crippen molar-refractivity contribution >= 4 is 11.6 Å². The third-order valence-electron chi connectivity index (χ3n) is 2.36. The normalized spacial score (nSPS) is 10.2. The zero-order chi connectivity index (χ0) is 10.4. The highest BCUT2D eigenvalue weighted by molar-refractivity contribution is 6.17. The molecule has 0 aromatic heterocycles. The third-order valence-corrected chi connectivity index (χ3v) is 2.65. The van der Waals surface area contributed by atoms with Crippen LogP contribution in [0.15, 0.2) is 18.2 Å². The summed E-state index contributed by atoms with van der Waals surface area (Å²) in [6.45, 7) is 2.19. The standard InChI is InChI=1S/C12H17ClO/c1-3-4-5-10-8-12(14-2)7-6-11(10)9-13/h6-8H,3-5,9H2,1-2H3. The van der Waals surface area contributed by atoms with Crippen LogP contribution in [0.1, 0.15) is 30.9 Å². The number of ether oxygens (including phenoxy) is 1. The molecule has 0 saturated carbocycles. The number of hydrogen-bond donors (Lipinski definition) is 0. The molecule has 0 atom stereocenters. The second-order valence-corrected chi connectivity index (χ2v) is 3.64. The molecule has 1 aromatic rings. The number of unbranched alkanes of at least 4 members (excludes halogenated alkanes) is 1. The molecule has 0 amide bonds. The molecular formula is C12H17ClO. The van der Waals surface area contributed by atoms with Gasteiger partial charge < -0.3 is 4.74 Å². The van der Waals surface area contributed by atoms with Crippen molar-refractivity contribution in [2.24, 2.45) is 0 Å². The van der Waals surface area contributed by atoms with Crippen molar-refractivity contribution in [3.8, 4) is 5.75 Å². The predicted molar refractivity (Wildman–Crippen MR) is 61.2 cm³/mol. The number of aryl methyl sites for hydroxylation is 1. The van der Waals surface area contributed by atoms with E-state index in [1.165, 1.54) is 24.0 Å². The summed E-state index contributed by atoms with van der Waals surface area (Å²) in [6, 6.07) is 6.11. The van der Waals surface area contributed by atoms with E-state index in [0.717, 1.165) is 12.2 Å². The summed E-state index contributed by atoms with van der Waals surface area (Å²) in [5, 5.41) is 0. The van der Waals surface area contributed by atoms with Gasteiger partial charge in [-0.3, -0.25) is 0 Å². The van der Waals surface area contributed by atoms with Crippen LogP contribution >= 0.6 is 11.6 Å². The first kappa shape index (κ1) is 11.4. The average molecular weight is 213 g/mol. The Morgan fingerprint density at radius 3 is 2.64 bits per heavy atom. The number of halogens is 1. The van der Waals surface area contributed by atoms with Gasteiger partial charge in [0.25, 0.3) is 0 Å². The van der Waals surface area contributed by atoms with E-state index in [4.69, 9.17) is 16.3 Å². The highest BCUT2D eigenvalue weighted by Crippen LogP contribution is 2.20. The van der Waals surface area contributed by atoms with E-state index in [9.17, 15) is 0 Å². The molecule has 0 saturated heterocycles. The summed E-state index contributed by atoms with van der Waals surface area (Å²) >= 11 is 5.87. The van der Waals surface area contributed by atoms with Crippen LogP contribution in [0.4, 0.5) is 0 Å². The zero-order valence-electron chi connectivity index (χ0n) is 8.85.